The number of rotatable bonds is 1. The molecule has 0 bridgehead atoms. The fraction of sp³-hybridized carbons (Fsp3) is 0.353. The molecule has 1 aliphatic heterocycles. The van der Waals surface area contributed by atoms with E-state index in [2.05, 4.69) is 52.2 Å². The summed E-state index contributed by atoms with van der Waals surface area (Å²) >= 11 is 3.78. The predicted octanol–water partition coefficient (Wildman–Crippen LogP) is 4.96. The van der Waals surface area contributed by atoms with Crippen molar-refractivity contribution in [2.45, 2.75) is 32.4 Å². The zero-order valence-corrected chi connectivity index (χ0v) is 13.6. The number of fused-ring (bicyclic) bond motifs is 2. The van der Waals surface area contributed by atoms with Gasteiger partial charge in [-0.2, -0.15) is 5.10 Å². The molecule has 0 aliphatic carbocycles. The normalized spacial score (nSPS) is 19.4. The third kappa shape index (κ3) is 2.09. The van der Waals surface area contributed by atoms with Crippen LogP contribution >= 0.6 is 15.9 Å². The van der Waals surface area contributed by atoms with Gasteiger partial charge >= 0.3 is 0 Å². The van der Waals surface area contributed by atoms with Crippen molar-refractivity contribution in [1.82, 2.24) is 9.78 Å². The number of nitrogens with zero attached hydrogens (tertiary/aromatic N) is 2. The van der Waals surface area contributed by atoms with Gasteiger partial charge < -0.3 is 4.74 Å². The molecule has 1 saturated heterocycles. The first kappa shape index (κ1) is 13.3. The molecule has 108 valence electrons. The Hall–Kier alpha value is -1.39. The minimum absolute atomic E-state index is 0.0745. The SMILES string of the molecule is Cc1cccc2cc3c(cnn3C3CCCCO3)c(Br)c12. The Morgan fingerprint density at radius 2 is 2.24 bits per heavy atom. The van der Waals surface area contributed by atoms with Crippen molar-refractivity contribution in [3.8, 4) is 0 Å². The minimum atomic E-state index is 0.0745. The largest absolute Gasteiger partial charge is 0.356 e. The third-order valence-electron chi connectivity index (χ3n) is 4.32. The Morgan fingerprint density at radius 3 is 3.05 bits per heavy atom. The van der Waals surface area contributed by atoms with Crippen LogP contribution in [0.25, 0.3) is 21.7 Å². The zero-order chi connectivity index (χ0) is 14.4. The maximum absolute atomic E-state index is 5.89. The fourth-order valence-electron chi connectivity index (χ4n) is 3.22. The Labute approximate surface area is 132 Å². The van der Waals surface area contributed by atoms with Gasteiger partial charge in [0.05, 0.1) is 11.7 Å². The van der Waals surface area contributed by atoms with Crippen LogP contribution in [0.1, 0.15) is 31.1 Å². The summed E-state index contributed by atoms with van der Waals surface area (Å²) in [6.45, 7) is 2.98. The third-order valence-corrected chi connectivity index (χ3v) is 5.14. The Bertz CT molecular complexity index is 818. The molecule has 4 heteroatoms. The van der Waals surface area contributed by atoms with E-state index >= 15 is 0 Å². The molecule has 1 unspecified atom stereocenters. The molecule has 2 heterocycles. The lowest BCUT2D eigenvalue weighted by molar-refractivity contribution is -0.0366. The molecule has 0 amide bonds. The summed E-state index contributed by atoms with van der Waals surface area (Å²) in [7, 11) is 0. The number of aryl methyl sites for hydroxylation is 1. The first-order valence-corrected chi connectivity index (χ1v) is 8.21. The lowest BCUT2D eigenvalue weighted by Crippen LogP contribution is -2.18. The Morgan fingerprint density at radius 1 is 1.33 bits per heavy atom. The van der Waals surface area contributed by atoms with Gasteiger partial charge in [0.2, 0.25) is 0 Å². The van der Waals surface area contributed by atoms with E-state index in [1.165, 1.54) is 22.8 Å². The number of hydrogen-bond donors (Lipinski definition) is 0. The van der Waals surface area contributed by atoms with Gasteiger partial charge in [-0.1, -0.05) is 18.2 Å². The Kier molecular flexibility index (Phi) is 3.23. The molecule has 0 saturated carbocycles. The number of ether oxygens (including phenoxy) is 1. The molecule has 4 rings (SSSR count). The number of hydrogen-bond acceptors (Lipinski definition) is 2. The molecular formula is C17H17BrN2O. The summed E-state index contributed by atoms with van der Waals surface area (Å²) in [5.74, 6) is 0. The van der Waals surface area contributed by atoms with E-state index in [1.807, 2.05) is 10.9 Å². The smallest absolute Gasteiger partial charge is 0.150 e. The van der Waals surface area contributed by atoms with Crippen LogP contribution in [-0.2, 0) is 4.74 Å². The van der Waals surface area contributed by atoms with Gasteiger partial charge in [0.1, 0.15) is 0 Å². The summed E-state index contributed by atoms with van der Waals surface area (Å²) in [6.07, 6.45) is 5.43. The van der Waals surface area contributed by atoms with Crippen molar-refractivity contribution in [2.75, 3.05) is 6.61 Å². The predicted molar refractivity (Wildman–Crippen MR) is 88.5 cm³/mol. The monoisotopic (exact) mass is 344 g/mol. The van der Waals surface area contributed by atoms with Gasteiger partial charge in [-0.3, -0.25) is 0 Å². The van der Waals surface area contributed by atoms with Gasteiger partial charge in [0, 0.05) is 16.5 Å². The second-order valence-electron chi connectivity index (χ2n) is 5.71. The number of halogens is 1. The van der Waals surface area contributed by atoms with Crippen LogP contribution in [-0.4, -0.2) is 16.4 Å². The van der Waals surface area contributed by atoms with E-state index in [0.29, 0.717) is 0 Å². The van der Waals surface area contributed by atoms with Gasteiger partial charge in [0.25, 0.3) is 0 Å². The molecule has 1 aliphatic rings. The van der Waals surface area contributed by atoms with Crippen LogP contribution in [0, 0.1) is 6.92 Å². The van der Waals surface area contributed by atoms with Crippen molar-refractivity contribution in [3.63, 3.8) is 0 Å². The molecule has 3 nitrogen and oxygen atoms in total. The maximum Gasteiger partial charge on any atom is 0.150 e. The number of benzene rings is 2. The van der Waals surface area contributed by atoms with Crippen molar-refractivity contribution < 1.29 is 4.74 Å². The average molecular weight is 345 g/mol. The van der Waals surface area contributed by atoms with Crippen molar-refractivity contribution in [3.05, 3.63) is 40.5 Å². The molecule has 1 atom stereocenters. The van der Waals surface area contributed by atoms with Crippen molar-refractivity contribution in [2.24, 2.45) is 0 Å². The minimum Gasteiger partial charge on any atom is -0.356 e. The first-order valence-electron chi connectivity index (χ1n) is 7.42. The van der Waals surface area contributed by atoms with Crippen LogP contribution in [0.2, 0.25) is 0 Å². The quantitative estimate of drug-likeness (QED) is 0.623. The van der Waals surface area contributed by atoms with Crippen LogP contribution < -0.4 is 0 Å². The second-order valence-corrected chi connectivity index (χ2v) is 6.50. The summed E-state index contributed by atoms with van der Waals surface area (Å²) < 4.78 is 9.07. The highest BCUT2D eigenvalue weighted by Crippen LogP contribution is 2.36. The lowest BCUT2D eigenvalue weighted by atomic mass is 10.0. The molecule has 3 aromatic rings. The van der Waals surface area contributed by atoms with E-state index in [-0.39, 0.29) is 6.23 Å². The van der Waals surface area contributed by atoms with E-state index in [4.69, 9.17) is 4.74 Å². The number of aromatic nitrogens is 2. The molecule has 21 heavy (non-hydrogen) atoms. The second kappa shape index (κ2) is 5.11. The van der Waals surface area contributed by atoms with Crippen LogP contribution in [0.3, 0.4) is 0 Å². The molecule has 1 fully saturated rings. The maximum atomic E-state index is 5.89. The highest BCUT2D eigenvalue weighted by Gasteiger charge is 2.20. The zero-order valence-electron chi connectivity index (χ0n) is 12.0. The highest BCUT2D eigenvalue weighted by atomic mass is 79.9. The van der Waals surface area contributed by atoms with Crippen molar-refractivity contribution >= 4 is 37.6 Å². The Balaban J connectivity index is 1.97. The standard InChI is InChI=1S/C17H17BrN2O/c1-11-5-4-6-12-9-14-13(17(18)16(11)12)10-19-20(14)15-7-2-3-8-21-15/h4-6,9-10,15H,2-3,7-8H2,1H3. The van der Waals surface area contributed by atoms with Gasteiger partial charge in [-0.25, -0.2) is 4.68 Å². The molecule has 1 aromatic heterocycles. The van der Waals surface area contributed by atoms with Gasteiger partial charge in [0.15, 0.2) is 6.23 Å². The average Bonchev–Trinajstić information content (AvgIpc) is 2.92. The van der Waals surface area contributed by atoms with E-state index < -0.39 is 0 Å². The van der Waals surface area contributed by atoms with Gasteiger partial charge in [-0.15, -0.1) is 0 Å². The van der Waals surface area contributed by atoms with E-state index in [1.54, 1.807) is 0 Å². The fourth-order valence-corrected chi connectivity index (χ4v) is 4.07. The van der Waals surface area contributed by atoms with Crippen LogP contribution in [0.15, 0.2) is 34.9 Å². The topological polar surface area (TPSA) is 27.1 Å². The molecule has 0 spiro atoms. The molecule has 2 aromatic carbocycles. The summed E-state index contributed by atoms with van der Waals surface area (Å²) in [5.41, 5.74) is 2.43. The lowest BCUT2D eigenvalue weighted by Gasteiger charge is -2.23. The van der Waals surface area contributed by atoms with E-state index in [0.717, 1.165) is 34.8 Å². The summed E-state index contributed by atoms with van der Waals surface area (Å²) in [6, 6.07) is 8.64. The van der Waals surface area contributed by atoms with Crippen LogP contribution in [0.4, 0.5) is 0 Å². The highest BCUT2D eigenvalue weighted by molar-refractivity contribution is 9.10. The molecular weight excluding hydrogens is 328 g/mol. The van der Waals surface area contributed by atoms with Crippen LogP contribution in [0.5, 0.6) is 0 Å². The van der Waals surface area contributed by atoms with E-state index in [9.17, 15) is 0 Å². The molecule has 0 N–H and O–H groups in total. The summed E-state index contributed by atoms with van der Waals surface area (Å²) in [5, 5.41) is 8.27. The molecule has 0 radical (unpaired) electrons. The van der Waals surface area contributed by atoms with Crippen molar-refractivity contribution in [1.29, 1.82) is 0 Å². The van der Waals surface area contributed by atoms with Gasteiger partial charge in [-0.05, 0) is 64.5 Å². The summed E-state index contributed by atoms with van der Waals surface area (Å²) in [4.78, 5) is 0. The first-order chi connectivity index (χ1) is 10.3.